The standard InChI is InChI=1S/C13H16N6O3/c1-2-22-13(21)16-11-8-19(18-17-11)9-12(20)15-7-10-4-3-5-14-6-10/h3-6,8H,2,7,9H2,1H3,(H,15,20)(H,16,21). The normalized spacial score (nSPS) is 10.0. The average Bonchev–Trinajstić information content (AvgIpc) is 2.93. The zero-order chi connectivity index (χ0) is 15.8. The van der Waals surface area contributed by atoms with Gasteiger partial charge in [-0.2, -0.15) is 0 Å². The third-order valence-electron chi connectivity index (χ3n) is 2.56. The van der Waals surface area contributed by atoms with Crippen molar-refractivity contribution in [2.24, 2.45) is 0 Å². The molecule has 2 heterocycles. The van der Waals surface area contributed by atoms with E-state index in [0.29, 0.717) is 6.54 Å². The van der Waals surface area contributed by atoms with E-state index in [-0.39, 0.29) is 24.9 Å². The van der Waals surface area contributed by atoms with E-state index in [2.05, 4.69) is 25.9 Å². The molecule has 22 heavy (non-hydrogen) atoms. The van der Waals surface area contributed by atoms with Gasteiger partial charge in [-0.05, 0) is 18.6 Å². The van der Waals surface area contributed by atoms with Crippen LogP contribution in [0, 0.1) is 0 Å². The summed E-state index contributed by atoms with van der Waals surface area (Å²) >= 11 is 0. The van der Waals surface area contributed by atoms with Gasteiger partial charge in [0.15, 0.2) is 5.82 Å². The molecule has 0 spiro atoms. The molecule has 2 N–H and O–H groups in total. The molecule has 0 saturated heterocycles. The summed E-state index contributed by atoms with van der Waals surface area (Å²) in [6.07, 6.45) is 4.17. The largest absolute Gasteiger partial charge is 0.450 e. The van der Waals surface area contributed by atoms with E-state index >= 15 is 0 Å². The van der Waals surface area contributed by atoms with Crippen LogP contribution in [-0.4, -0.2) is 38.6 Å². The maximum absolute atomic E-state index is 11.8. The molecule has 0 radical (unpaired) electrons. The van der Waals surface area contributed by atoms with Gasteiger partial charge >= 0.3 is 6.09 Å². The van der Waals surface area contributed by atoms with E-state index in [4.69, 9.17) is 4.74 Å². The Balaban J connectivity index is 1.79. The predicted octanol–water partition coefficient (Wildman–Crippen LogP) is 0.558. The Hall–Kier alpha value is -2.97. The van der Waals surface area contributed by atoms with Crippen molar-refractivity contribution in [3.05, 3.63) is 36.3 Å². The van der Waals surface area contributed by atoms with E-state index in [1.54, 1.807) is 25.4 Å². The summed E-state index contributed by atoms with van der Waals surface area (Å²) in [5.41, 5.74) is 0.902. The molecule has 2 amide bonds. The fourth-order valence-corrected chi connectivity index (χ4v) is 1.61. The second kappa shape index (κ2) is 7.72. The molecule has 0 bridgehead atoms. The van der Waals surface area contributed by atoms with E-state index in [9.17, 15) is 9.59 Å². The van der Waals surface area contributed by atoms with Gasteiger partial charge in [0.1, 0.15) is 6.54 Å². The van der Waals surface area contributed by atoms with Crippen LogP contribution in [0.1, 0.15) is 12.5 Å². The molecule has 2 rings (SSSR count). The summed E-state index contributed by atoms with van der Waals surface area (Å²) in [6.45, 7) is 2.34. The van der Waals surface area contributed by atoms with Gasteiger partial charge in [0.25, 0.3) is 0 Å². The number of nitrogens with zero attached hydrogens (tertiary/aromatic N) is 4. The van der Waals surface area contributed by atoms with Crippen molar-refractivity contribution in [2.45, 2.75) is 20.0 Å². The third-order valence-corrected chi connectivity index (χ3v) is 2.56. The minimum absolute atomic E-state index is 0.00221. The number of nitrogens with one attached hydrogen (secondary N) is 2. The number of carbonyl (C=O) groups excluding carboxylic acids is 2. The summed E-state index contributed by atoms with van der Waals surface area (Å²) < 4.78 is 6.03. The molecule has 116 valence electrons. The number of hydrogen-bond acceptors (Lipinski definition) is 6. The maximum atomic E-state index is 11.8. The van der Waals surface area contributed by atoms with Gasteiger partial charge in [-0.3, -0.25) is 15.1 Å². The SMILES string of the molecule is CCOC(=O)Nc1cn(CC(=O)NCc2cccnc2)nn1. The Morgan fingerprint density at radius 3 is 3.00 bits per heavy atom. The Labute approximate surface area is 126 Å². The zero-order valence-corrected chi connectivity index (χ0v) is 12.0. The molecular weight excluding hydrogens is 288 g/mol. The predicted molar refractivity (Wildman–Crippen MR) is 76.8 cm³/mol. The number of carbonyl (C=O) groups is 2. The number of ether oxygens (including phenoxy) is 1. The Morgan fingerprint density at radius 1 is 1.41 bits per heavy atom. The molecule has 0 aliphatic carbocycles. The monoisotopic (exact) mass is 304 g/mol. The van der Waals surface area contributed by atoms with Crippen LogP contribution in [0.15, 0.2) is 30.7 Å². The van der Waals surface area contributed by atoms with Crippen LogP contribution in [0.2, 0.25) is 0 Å². The number of anilines is 1. The number of amides is 2. The highest BCUT2D eigenvalue weighted by molar-refractivity contribution is 5.83. The molecule has 9 heteroatoms. The highest BCUT2D eigenvalue weighted by Gasteiger charge is 2.08. The van der Waals surface area contributed by atoms with Crippen LogP contribution in [0.3, 0.4) is 0 Å². The summed E-state index contributed by atoms with van der Waals surface area (Å²) in [6, 6.07) is 3.66. The molecule has 0 aromatic carbocycles. The van der Waals surface area contributed by atoms with Gasteiger partial charge in [-0.15, -0.1) is 5.10 Å². The minimum atomic E-state index is -0.615. The third kappa shape index (κ3) is 4.85. The molecule has 0 aliphatic heterocycles. The lowest BCUT2D eigenvalue weighted by Gasteiger charge is -2.04. The lowest BCUT2D eigenvalue weighted by atomic mass is 10.3. The average molecular weight is 304 g/mol. The van der Waals surface area contributed by atoms with Crippen molar-refractivity contribution in [2.75, 3.05) is 11.9 Å². The first-order chi connectivity index (χ1) is 10.7. The summed E-state index contributed by atoms with van der Waals surface area (Å²) in [5, 5.41) is 12.6. The van der Waals surface area contributed by atoms with E-state index in [1.165, 1.54) is 10.9 Å². The molecule has 2 aromatic heterocycles. The lowest BCUT2D eigenvalue weighted by Crippen LogP contribution is -2.27. The van der Waals surface area contributed by atoms with Crippen molar-refractivity contribution in [1.82, 2.24) is 25.3 Å². The molecule has 0 unspecified atom stereocenters. The van der Waals surface area contributed by atoms with Crippen molar-refractivity contribution in [1.29, 1.82) is 0 Å². The van der Waals surface area contributed by atoms with Crippen LogP contribution in [-0.2, 0) is 22.6 Å². The summed E-state index contributed by atoms with van der Waals surface area (Å²) in [7, 11) is 0. The Bertz CT molecular complexity index is 628. The second-order valence-corrected chi connectivity index (χ2v) is 4.28. The van der Waals surface area contributed by atoms with Gasteiger partial charge < -0.3 is 10.1 Å². The van der Waals surface area contributed by atoms with E-state index in [1.807, 2.05) is 6.07 Å². The van der Waals surface area contributed by atoms with Crippen LogP contribution in [0.4, 0.5) is 10.6 Å². The van der Waals surface area contributed by atoms with Gasteiger partial charge in [-0.25, -0.2) is 9.48 Å². The van der Waals surface area contributed by atoms with Crippen LogP contribution < -0.4 is 10.6 Å². The number of rotatable bonds is 6. The van der Waals surface area contributed by atoms with Crippen LogP contribution in [0.25, 0.3) is 0 Å². The molecule has 0 aliphatic rings. The van der Waals surface area contributed by atoms with Crippen molar-refractivity contribution in [3.8, 4) is 0 Å². The fraction of sp³-hybridized carbons (Fsp3) is 0.308. The van der Waals surface area contributed by atoms with Gasteiger partial charge in [-0.1, -0.05) is 11.3 Å². The first-order valence-electron chi connectivity index (χ1n) is 6.67. The number of aromatic nitrogens is 4. The smallest absolute Gasteiger partial charge is 0.412 e. The van der Waals surface area contributed by atoms with Crippen molar-refractivity contribution >= 4 is 17.8 Å². The first-order valence-corrected chi connectivity index (χ1v) is 6.67. The lowest BCUT2D eigenvalue weighted by molar-refractivity contribution is -0.122. The molecule has 2 aromatic rings. The van der Waals surface area contributed by atoms with Crippen molar-refractivity contribution in [3.63, 3.8) is 0 Å². The van der Waals surface area contributed by atoms with E-state index in [0.717, 1.165) is 5.56 Å². The topological polar surface area (TPSA) is 111 Å². The molecule has 0 atom stereocenters. The molecular formula is C13H16N6O3. The number of hydrogen-bond donors (Lipinski definition) is 2. The van der Waals surface area contributed by atoms with Crippen LogP contribution >= 0.6 is 0 Å². The molecule has 0 fully saturated rings. The highest BCUT2D eigenvalue weighted by Crippen LogP contribution is 2.01. The van der Waals surface area contributed by atoms with E-state index < -0.39 is 6.09 Å². The quantitative estimate of drug-likeness (QED) is 0.806. The van der Waals surface area contributed by atoms with Gasteiger partial charge in [0.05, 0.1) is 12.8 Å². The highest BCUT2D eigenvalue weighted by atomic mass is 16.5. The van der Waals surface area contributed by atoms with Gasteiger partial charge in [0, 0.05) is 18.9 Å². The second-order valence-electron chi connectivity index (χ2n) is 4.28. The Kier molecular flexibility index (Phi) is 5.41. The Morgan fingerprint density at radius 2 is 2.27 bits per heavy atom. The first kappa shape index (κ1) is 15.4. The van der Waals surface area contributed by atoms with Crippen LogP contribution in [0.5, 0.6) is 0 Å². The molecule has 0 saturated carbocycles. The van der Waals surface area contributed by atoms with Crippen molar-refractivity contribution < 1.29 is 14.3 Å². The maximum Gasteiger partial charge on any atom is 0.412 e. The van der Waals surface area contributed by atoms with Gasteiger partial charge in [0.2, 0.25) is 5.91 Å². The molecule has 9 nitrogen and oxygen atoms in total. The number of pyridine rings is 1. The zero-order valence-electron chi connectivity index (χ0n) is 12.0. The summed E-state index contributed by atoms with van der Waals surface area (Å²) in [5.74, 6) is -0.00468. The fourth-order valence-electron chi connectivity index (χ4n) is 1.61. The minimum Gasteiger partial charge on any atom is -0.450 e. The summed E-state index contributed by atoms with van der Waals surface area (Å²) in [4.78, 5) is 27.0.